The van der Waals surface area contributed by atoms with Gasteiger partial charge in [-0.3, -0.25) is 0 Å². The van der Waals surface area contributed by atoms with Gasteiger partial charge in [0, 0.05) is 6.04 Å². The van der Waals surface area contributed by atoms with Crippen molar-refractivity contribution in [2.75, 3.05) is 19.8 Å². The lowest BCUT2D eigenvalue weighted by Gasteiger charge is -2.27. The van der Waals surface area contributed by atoms with Crippen molar-refractivity contribution in [2.24, 2.45) is 0 Å². The van der Waals surface area contributed by atoms with E-state index in [0.717, 1.165) is 24.7 Å². The van der Waals surface area contributed by atoms with Crippen LogP contribution in [0.15, 0.2) is 24.3 Å². The highest BCUT2D eigenvalue weighted by Gasteiger charge is 2.16. The van der Waals surface area contributed by atoms with E-state index in [2.05, 4.69) is 11.2 Å². The second kappa shape index (κ2) is 5.43. The molecule has 1 fully saturated rings. The quantitative estimate of drug-likeness (QED) is 0.757. The van der Waals surface area contributed by atoms with Crippen molar-refractivity contribution in [3.8, 4) is 23.8 Å². The van der Waals surface area contributed by atoms with Gasteiger partial charge in [-0.05, 0) is 37.2 Å². The first-order valence-corrected chi connectivity index (χ1v) is 5.41. The molecule has 0 amide bonds. The summed E-state index contributed by atoms with van der Waals surface area (Å²) >= 11 is 0. The Morgan fingerprint density at radius 2 is 1.88 bits per heavy atom. The Morgan fingerprint density at radius 1 is 1.25 bits per heavy atom. The van der Waals surface area contributed by atoms with E-state index < -0.39 is 0 Å². The predicted molar refractivity (Wildman–Crippen MR) is 62.7 cm³/mol. The highest BCUT2D eigenvalue weighted by atomic mass is 16.5. The van der Waals surface area contributed by atoms with Crippen LogP contribution in [-0.2, 0) is 0 Å². The molecule has 1 saturated heterocycles. The normalized spacial score (nSPS) is 18.3. The molecule has 0 bridgehead atoms. The van der Waals surface area contributed by atoms with E-state index in [9.17, 15) is 0 Å². The molecule has 0 unspecified atom stereocenters. The van der Waals surface area contributed by atoms with Crippen LogP contribution < -0.4 is 14.8 Å². The summed E-state index contributed by atoms with van der Waals surface area (Å²) in [5.41, 5.74) is 0. The SMILES string of the molecule is C#CCOc1ccc(OC[C@H]2CCN2)cc1. The molecule has 0 aromatic heterocycles. The largest absolute Gasteiger partial charge is 0.492 e. The standard InChI is InChI=1S/C13H15NO2/c1-2-9-15-12-3-5-13(6-4-12)16-10-11-7-8-14-11/h1,3-6,11,14H,7-10H2/t11-/m1/s1. The Balaban J connectivity index is 1.79. The highest BCUT2D eigenvalue weighted by Crippen LogP contribution is 2.18. The molecule has 0 radical (unpaired) electrons. The molecule has 1 atom stereocenters. The minimum absolute atomic E-state index is 0.298. The Labute approximate surface area is 95.8 Å². The average Bonchev–Trinajstić information content (AvgIpc) is 2.26. The molecule has 0 spiro atoms. The minimum atomic E-state index is 0.298. The third kappa shape index (κ3) is 2.91. The summed E-state index contributed by atoms with van der Waals surface area (Å²) in [7, 11) is 0. The van der Waals surface area contributed by atoms with Gasteiger partial charge in [0.05, 0.1) is 0 Å². The maximum atomic E-state index is 5.61. The lowest BCUT2D eigenvalue weighted by atomic mass is 10.1. The predicted octanol–water partition coefficient (Wildman–Crippen LogP) is 1.44. The van der Waals surface area contributed by atoms with E-state index in [4.69, 9.17) is 15.9 Å². The van der Waals surface area contributed by atoms with E-state index in [0.29, 0.717) is 12.6 Å². The highest BCUT2D eigenvalue weighted by molar-refractivity contribution is 5.31. The van der Waals surface area contributed by atoms with Gasteiger partial charge >= 0.3 is 0 Å². The summed E-state index contributed by atoms with van der Waals surface area (Å²) in [5, 5.41) is 3.28. The van der Waals surface area contributed by atoms with Gasteiger partial charge in [0.25, 0.3) is 0 Å². The van der Waals surface area contributed by atoms with E-state index in [1.807, 2.05) is 24.3 Å². The fourth-order valence-electron chi connectivity index (χ4n) is 1.44. The maximum Gasteiger partial charge on any atom is 0.148 e. The molecule has 3 nitrogen and oxygen atoms in total. The first kappa shape index (κ1) is 10.8. The van der Waals surface area contributed by atoms with Crippen molar-refractivity contribution in [1.29, 1.82) is 0 Å². The molecule has 84 valence electrons. The van der Waals surface area contributed by atoms with Gasteiger partial charge in [-0.1, -0.05) is 5.92 Å². The molecule has 0 saturated carbocycles. The van der Waals surface area contributed by atoms with Crippen LogP contribution in [0.25, 0.3) is 0 Å². The molecule has 1 aliphatic rings. The van der Waals surface area contributed by atoms with Gasteiger partial charge in [0.1, 0.15) is 24.7 Å². The number of benzene rings is 1. The summed E-state index contributed by atoms with van der Waals surface area (Å²) in [6.07, 6.45) is 6.30. The Morgan fingerprint density at radius 3 is 2.38 bits per heavy atom. The average molecular weight is 217 g/mol. The summed E-state index contributed by atoms with van der Waals surface area (Å²) < 4.78 is 10.9. The summed E-state index contributed by atoms with van der Waals surface area (Å²) in [6, 6.07) is 8.02. The lowest BCUT2D eigenvalue weighted by Crippen LogP contribution is -2.46. The van der Waals surface area contributed by atoms with Gasteiger partial charge in [0.15, 0.2) is 0 Å². The Bertz CT molecular complexity index is 363. The molecule has 1 aromatic rings. The molecule has 16 heavy (non-hydrogen) atoms. The molecular formula is C13H15NO2. The van der Waals surface area contributed by atoms with Crippen LogP contribution in [0.2, 0.25) is 0 Å². The maximum absolute atomic E-state index is 5.61. The third-order valence-electron chi connectivity index (χ3n) is 2.52. The van der Waals surface area contributed by atoms with Gasteiger partial charge in [-0.15, -0.1) is 6.42 Å². The van der Waals surface area contributed by atoms with Gasteiger partial charge in [-0.25, -0.2) is 0 Å². The lowest BCUT2D eigenvalue weighted by molar-refractivity contribution is 0.217. The van der Waals surface area contributed by atoms with Crippen molar-refractivity contribution in [3.63, 3.8) is 0 Å². The minimum Gasteiger partial charge on any atom is -0.492 e. The zero-order valence-corrected chi connectivity index (χ0v) is 9.11. The van der Waals surface area contributed by atoms with Gasteiger partial charge in [-0.2, -0.15) is 0 Å². The molecule has 3 heteroatoms. The van der Waals surface area contributed by atoms with Gasteiger partial charge < -0.3 is 14.8 Å². The Hall–Kier alpha value is -1.66. The first-order valence-electron chi connectivity index (χ1n) is 5.41. The topological polar surface area (TPSA) is 30.5 Å². The monoisotopic (exact) mass is 217 g/mol. The molecule has 2 rings (SSSR count). The van der Waals surface area contributed by atoms with E-state index in [1.165, 1.54) is 6.42 Å². The van der Waals surface area contributed by atoms with Crippen LogP contribution in [0.1, 0.15) is 6.42 Å². The Kier molecular flexibility index (Phi) is 3.68. The molecule has 1 aromatic carbocycles. The van der Waals surface area contributed by atoms with Crippen molar-refractivity contribution < 1.29 is 9.47 Å². The van der Waals surface area contributed by atoms with Crippen molar-refractivity contribution >= 4 is 0 Å². The van der Waals surface area contributed by atoms with Crippen molar-refractivity contribution in [3.05, 3.63) is 24.3 Å². The molecule has 1 N–H and O–H groups in total. The van der Waals surface area contributed by atoms with E-state index >= 15 is 0 Å². The first-order chi connectivity index (χ1) is 7.88. The van der Waals surface area contributed by atoms with E-state index in [-0.39, 0.29) is 0 Å². The number of hydrogen-bond donors (Lipinski definition) is 1. The van der Waals surface area contributed by atoms with Crippen LogP contribution in [0.4, 0.5) is 0 Å². The summed E-state index contributed by atoms with van der Waals surface area (Å²) in [5.74, 6) is 4.06. The van der Waals surface area contributed by atoms with E-state index in [1.54, 1.807) is 0 Å². The fourth-order valence-corrected chi connectivity index (χ4v) is 1.44. The number of terminal acetylenes is 1. The summed E-state index contributed by atoms with van der Waals surface area (Å²) in [6.45, 7) is 2.13. The van der Waals surface area contributed by atoms with Crippen LogP contribution in [0.5, 0.6) is 11.5 Å². The zero-order chi connectivity index (χ0) is 11.2. The number of rotatable bonds is 5. The molecule has 1 heterocycles. The second-order valence-corrected chi connectivity index (χ2v) is 3.71. The van der Waals surface area contributed by atoms with Crippen LogP contribution >= 0.6 is 0 Å². The zero-order valence-electron chi connectivity index (χ0n) is 9.11. The fraction of sp³-hybridized carbons (Fsp3) is 0.385. The smallest absolute Gasteiger partial charge is 0.148 e. The van der Waals surface area contributed by atoms with Crippen LogP contribution in [0, 0.1) is 12.3 Å². The summed E-state index contributed by atoms with van der Waals surface area (Å²) in [4.78, 5) is 0. The third-order valence-corrected chi connectivity index (χ3v) is 2.52. The van der Waals surface area contributed by atoms with Crippen LogP contribution in [0.3, 0.4) is 0 Å². The molecule has 1 aliphatic heterocycles. The molecule has 0 aliphatic carbocycles. The number of hydrogen-bond acceptors (Lipinski definition) is 3. The molecular weight excluding hydrogens is 202 g/mol. The second-order valence-electron chi connectivity index (χ2n) is 3.71. The van der Waals surface area contributed by atoms with Crippen molar-refractivity contribution in [1.82, 2.24) is 5.32 Å². The number of ether oxygens (including phenoxy) is 2. The number of nitrogens with one attached hydrogen (secondary N) is 1. The van der Waals surface area contributed by atoms with Gasteiger partial charge in [0.2, 0.25) is 0 Å². The van der Waals surface area contributed by atoms with Crippen molar-refractivity contribution in [2.45, 2.75) is 12.5 Å². The van der Waals surface area contributed by atoms with Crippen LogP contribution in [-0.4, -0.2) is 25.8 Å².